The number of carbonyl (C=O) groups excluding carboxylic acids is 1. The average molecular weight is 520 g/mol. The molecule has 4 aromatic rings. The van der Waals surface area contributed by atoms with Gasteiger partial charge >= 0.3 is 12.2 Å². The molecule has 2 amide bonds. The minimum Gasteiger partial charge on any atom is -0.438 e. The fourth-order valence-electron chi connectivity index (χ4n) is 4.27. The minimum absolute atomic E-state index is 0.211. The molecule has 7 nitrogen and oxygen atoms in total. The zero-order chi connectivity index (χ0) is 26.9. The molecule has 0 saturated carbocycles. The van der Waals surface area contributed by atoms with Crippen LogP contribution in [0.15, 0.2) is 73.1 Å². The molecule has 0 bridgehead atoms. The predicted molar refractivity (Wildman–Crippen MR) is 137 cm³/mol. The number of hydrogen-bond acceptors (Lipinski definition) is 5. The Bertz CT molecular complexity index is 1490. The van der Waals surface area contributed by atoms with E-state index in [1.165, 1.54) is 21.9 Å². The third-order valence-electron chi connectivity index (χ3n) is 6.24. The van der Waals surface area contributed by atoms with Gasteiger partial charge in [0.15, 0.2) is 0 Å². The number of aryl methyl sites for hydroxylation is 2. The van der Waals surface area contributed by atoms with Crippen molar-refractivity contribution in [2.45, 2.75) is 26.4 Å². The highest BCUT2D eigenvalue weighted by Gasteiger charge is 2.34. The Morgan fingerprint density at radius 1 is 0.921 bits per heavy atom. The van der Waals surface area contributed by atoms with Crippen LogP contribution in [0.1, 0.15) is 23.9 Å². The number of halogens is 3. The Balaban J connectivity index is 1.36. The van der Waals surface area contributed by atoms with E-state index in [4.69, 9.17) is 4.74 Å². The molecule has 0 aliphatic carbocycles. The van der Waals surface area contributed by atoms with E-state index in [9.17, 15) is 18.0 Å². The highest BCUT2D eigenvalue weighted by atomic mass is 19.4. The van der Waals surface area contributed by atoms with Crippen LogP contribution in [-0.4, -0.2) is 34.1 Å². The molecule has 2 aromatic carbocycles. The quantitative estimate of drug-likeness (QED) is 0.285. The third kappa shape index (κ3) is 5.02. The first-order chi connectivity index (χ1) is 18.2. The molecule has 10 heteroatoms. The monoisotopic (exact) mass is 519 g/mol. The second kappa shape index (κ2) is 10.1. The van der Waals surface area contributed by atoms with E-state index in [0.29, 0.717) is 41.8 Å². The Labute approximate surface area is 217 Å². The molecule has 1 aliphatic heterocycles. The lowest BCUT2D eigenvalue weighted by atomic mass is 10.1. The molecular formula is C28H24F3N5O2. The van der Waals surface area contributed by atoms with Crippen molar-refractivity contribution < 1.29 is 22.7 Å². The van der Waals surface area contributed by atoms with Gasteiger partial charge in [0.05, 0.1) is 16.8 Å². The van der Waals surface area contributed by atoms with Gasteiger partial charge in [-0.15, -0.1) is 0 Å². The summed E-state index contributed by atoms with van der Waals surface area (Å²) < 4.78 is 45.6. The van der Waals surface area contributed by atoms with Crippen LogP contribution in [0, 0.1) is 6.92 Å². The lowest BCUT2D eigenvalue weighted by molar-refractivity contribution is -0.137. The van der Waals surface area contributed by atoms with Gasteiger partial charge in [-0.2, -0.15) is 13.2 Å². The fourth-order valence-corrected chi connectivity index (χ4v) is 4.27. The topological polar surface area (TPSA) is 71.5 Å². The molecule has 1 saturated heterocycles. The number of anilines is 2. The van der Waals surface area contributed by atoms with Gasteiger partial charge in [-0.1, -0.05) is 13.0 Å². The number of benzene rings is 2. The van der Waals surface area contributed by atoms with Crippen LogP contribution in [0.2, 0.25) is 0 Å². The van der Waals surface area contributed by atoms with Gasteiger partial charge in [0.25, 0.3) is 0 Å². The number of nitrogens with zero attached hydrogens (tertiary/aromatic N) is 5. The van der Waals surface area contributed by atoms with Crippen LogP contribution in [0.5, 0.6) is 11.6 Å². The van der Waals surface area contributed by atoms with Crippen LogP contribution in [0.4, 0.5) is 29.3 Å². The summed E-state index contributed by atoms with van der Waals surface area (Å²) in [6.07, 6.45) is -0.445. The summed E-state index contributed by atoms with van der Waals surface area (Å²) >= 11 is 0. The molecule has 3 heterocycles. The van der Waals surface area contributed by atoms with Crippen molar-refractivity contribution in [2.24, 2.45) is 0 Å². The van der Waals surface area contributed by atoms with Crippen molar-refractivity contribution in [3.8, 4) is 22.9 Å². The third-order valence-corrected chi connectivity index (χ3v) is 6.24. The molecule has 194 valence electrons. The first-order valence-electron chi connectivity index (χ1n) is 12.1. The summed E-state index contributed by atoms with van der Waals surface area (Å²) in [6, 6.07) is 15.2. The lowest BCUT2D eigenvalue weighted by Crippen LogP contribution is -2.31. The van der Waals surface area contributed by atoms with E-state index in [-0.39, 0.29) is 18.3 Å². The van der Waals surface area contributed by atoms with Crippen LogP contribution in [-0.2, 0) is 12.6 Å². The minimum atomic E-state index is -4.48. The Kier molecular flexibility index (Phi) is 6.71. The van der Waals surface area contributed by atoms with Crippen LogP contribution >= 0.6 is 0 Å². The number of pyridine rings is 1. The first-order valence-corrected chi connectivity index (χ1v) is 12.1. The summed E-state index contributed by atoms with van der Waals surface area (Å²) in [6.45, 7) is 4.45. The maximum atomic E-state index is 13.2. The summed E-state index contributed by atoms with van der Waals surface area (Å²) in [7, 11) is 0. The predicted octanol–water partition coefficient (Wildman–Crippen LogP) is 6.67. The molecule has 0 N–H and O–H groups in total. The molecule has 0 atom stereocenters. The molecule has 38 heavy (non-hydrogen) atoms. The van der Waals surface area contributed by atoms with Crippen LogP contribution in [0.3, 0.4) is 0 Å². The van der Waals surface area contributed by atoms with Gasteiger partial charge < -0.3 is 4.74 Å². The molecule has 0 spiro atoms. The van der Waals surface area contributed by atoms with E-state index >= 15 is 0 Å². The van der Waals surface area contributed by atoms with Crippen molar-refractivity contribution in [1.82, 2.24) is 15.0 Å². The summed E-state index contributed by atoms with van der Waals surface area (Å²) in [5.41, 5.74) is 2.23. The smallest absolute Gasteiger partial charge is 0.416 e. The summed E-state index contributed by atoms with van der Waals surface area (Å²) in [5.74, 6) is 1.66. The molecular weight excluding hydrogens is 495 g/mol. The number of urea groups is 1. The van der Waals surface area contributed by atoms with Crippen molar-refractivity contribution in [3.63, 3.8) is 0 Å². The van der Waals surface area contributed by atoms with Crippen molar-refractivity contribution >= 4 is 17.4 Å². The maximum absolute atomic E-state index is 13.2. The molecule has 0 unspecified atom stereocenters. The Morgan fingerprint density at radius 3 is 2.39 bits per heavy atom. The average Bonchev–Trinajstić information content (AvgIpc) is 3.31. The highest BCUT2D eigenvalue weighted by molar-refractivity contribution is 6.06. The van der Waals surface area contributed by atoms with Gasteiger partial charge in [0.1, 0.15) is 11.6 Å². The molecule has 1 aliphatic rings. The van der Waals surface area contributed by atoms with Crippen LogP contribution in [0.25, 0.3) is 11.3 Å². The fraction of sp³-hybridized carbons (Fsp3) is 0.214. The van der Waals surface area contributed by atoms with Gasteiger partial charge in [-0.05, 0) is 67.1 Å². The number of aromatic nitrogens is 3. The van der Waals surface area contributed by atoms with Gasteiger partial charge in [0, 0.05) is 43.3 Å². The lowest BCUT2D eigenvalue weighted by Gasteiger charge is -2.20. The number of ether oxygens (including phenoxy) is 1. The zero-order valence-electron chi connectivity index (χ0n) is 20.7. The largest absolute Gasteiger partial charge is 0.438 e. The maximum Gasteiger partial charge on any atom is 0.416 e. The second-order valence-electron chi connectivity index (χ2n) is 8.75. The number of rotatable bonds is 6. The summed E-state index contributed by atoms with van der Waals surface area (Å²) in [5, 5.41) is 0. The Morgan fingerprint density at radius 2 is 1.68 bits per heavy atom. The highest BCUT2D eigenvalue weighted by Crippen LogP contribution is 2.36. The number of hydrogen-bond donors (Lipinski definition) is 0. The van der Waals surface area contributed by atoms with E-state index in [1.807, 2.05) is 26.0 Å². The standard InChI is InChI=1S/C28H24F3N5O2/c1-3-25-32-13-11-23(34-25)22-8-5-12-33-26(22)38-24-10-9-21(16-18(24)2)36-15-14-35(27(36)37)20-7-4-6-19(17-20)28(29,30)31/h4-13,16-17H,3,14-15H2,1-2H3. The van der Waals surface area contributed by atoms with Crippen LogP contribution < -0.4 is 14.5 Å². The van der Waals surface area contributed by atoms with Gasteiger partial charge in [-0.3, -0.25) is 9.80 Å². The van der Waals surface area contributed by atoms with Crippen molar-refractivity contribution in [3.05, 3.63) is 90.0 Å². The number of alkyl halides is 3. The molecule has 2 aromatic heterocycles. The van der Waals surface area contributed by atoms with E-state index in [0.717, 1.165) is 23.3 Å². The number of carbonyl (C=O) groups is 1. The van der Waals surface area contributed by atoms with Crippen molar-refractivity contribution in [2.75, 3.05) is 22.9 Å². The summed E-state index contributed by atoms with van der Waals surface area (Å²) in [4.78, 5) is 29.2. The molecule has 5 rings (SSSR count). The van der Waals surface area contributed by atoms with Gasteiger partial charge in [0.2, 0.25) is 5.88 Å². The first kappa shape index (κ1) is 25.2. The molecule has 0 radical (unpaired) electrons. The molecule has 1 fully saturated rings. The SMILES string of the molecule is CCc1nccc(-c2cccnc2Oc2ccc(N3CCN(c4cccc(C(F)(F)F)c4)C3=O)cc2C)n1. The van der Waals surface area contributed by atoms with Gasteiger partial charge in [-0.25, -0.2) is 19.7 Å². The Hall–Kier alpha value is -4.47. The van der Waals surface area contributed by atoms with E-state index < -0.39 is 11.7 Å². The normalized spacial score (nSPS) is 13.8. The number of amides is 2. The van der Waals surface area contributed by atoms with E-state index in [2.05, 4.69) is 15.0 Å². The zero-order valence-corrected chi connectivity index (χ0v) is 20.7. The second-order valence-corrected chi connectivity index (χ2v) is 8.75. The van der Waals surface area contributed by atoms with E-state index in [1.54, 1.807) is 36.7 Å². The van der Waals surface area contributed by atoms with Crippen molar-refractivity contribution in [1.29, 1.82) is 0 Å².